The van der Waals surface area contributed by atoms with Gasteiger partial charge in [0, 0.05) is 23.8 Å². The van der Waals surface area contributed by atoms with Gasteiger partial charge in [-0.15, -0.1) is 0 Å². The van der Waals surface area contributed by atoms with Crippen LogP contribution in [0.5, 0.6) is 5.75 Å². The van der Waals surface area contributed by atoms with Gasteiger partial charge < -0.3 is 10.1 Å². The van der Waals surface area contributed by atoms with Crippen molar-refractivity contribution in [2.24, 2.45) is 0 Å². The first-order valence-electron chi connectivity index (χ1n) is 7.46. The van der Waals surface area contributed by atoms with E-state index in [2.05, 4.69) is 56.3 Å². The molecule has 0 bridgehead atoms. The molecule has 0 saturated heterocycles. The summed E-state index contributed by atoms with van der Waals surface area (Å²) in [4.78, 5) is 0. The molecule has 0 aliphatic heterocycles. The second-order valence-corrected chi connectivity index (χ2v) is 5.72. The van der Waals surface area contributed by atoms with E-state index in [1.807, 2.05) is 24.0 Å². The van der Waals surface area contributed by atoms with Crippen molar-refractivity contribution in [2.45, 2.75) is 46.4 Å². The molecule has 0 aliphatic carbocycles. The van der Waals surface area contributed by atoms with Crippen LogP contribution >= 0.6 is 0 Å². The number of hydrogen-bond acceptors (Lipinski definition) is 3. The van der Waals surface area contributed by atoms with Gasteiger partial charge in [-0.2, -0.15) is 5.10 Å². The lowest BCUT2D eigenvalue weighted by atomic mass is 10.1. The molecule has 21 heavy (non-hydrogen) atoms. The van der Waals surface area contributed by atoms with Crippen LogP contribution in [0.25, 0.3) is 0 Å². The molecular formula is C17H25N3O. The molecule has 2 aromatic rings. The quantitative estimate of drug-likeness (QED) is 0.881. The zero-order valence-electron chi connectivity index (χ0n) is 13.6. The minimum atomic E-state index is 0.258. The molecule has 2 rings (SSSR count). The summed E-state index contributed by atoms with van der Waals surface area (Å²) in [6.45, 7) is 8.93. The van der Waals surface area contributed by atoms with Crippen molar-refractivity contribution in [3.63, 3.8) is 0 Å². The van der Waals surface area contributed by atoms with Crippen LogP contribution in [0.3, 0.4) is 0 Å². The lowest BCUT2D eigenvalue weighted by Gasteiger charge is -2.17. The zero-order valence-corrected chi connectivity index (χ0v) is 13.6. The van der Waals surface area contributed by atoms with Crippen LogP contribution in [-0.4, -0.2) is 16.8 Å². The lowest BCUT2D eigenvalue weighted by Crippen LogP contribution is -2.14. The monoisotopic (exact) mass is 287 g/mol. The van der Waals surface area contributed by atoms with Crippen molar-refractivity contribution < 1.29 is 4.74 Å². The molecule has 1 N–H and O–H groups in total. The summed E-state index contributed by atoms with van der Waals surface area (Å²) < 4.78 is 7.95. The predicted molar refractivity (Wildman–Crippen MR) is 85.6 cm³/mol. The van der Waals surface area contributed by atoms with Crippen LogP contribution in [0.1, 0.15) is 49.7 Å². The second kappa shape index (κ2) is 6.76. The van der Waals surface area contributed by atoms with E-state index in [1.165, 1.54) is 11.1 Å². The topological polar surface area (TPSA) is 39.1 Å². The summed E-state index contributed by atoms with van der Waals surface area (Å²) in [5, 5.41) is 7.78. The number of rotatable bonds is 6. The lowest BCUT2D eigenvalue weighted by molar-refractivity contribution is 0.293. The summed E-state index contributed by atoms with van der Waals surface area (Å²) in [7, 11) is 1.96. The van der Waals surface area contributed by atoms with Gasteiger partial charge in [0.2, 0.25) is 0 Å². The minimum absolute atomic E-state index is 0.258. The summed E-state index contributed by atoms with van der Waals surface area (Å²) in [6, 6.07) is 8.97. The van der Waals surface area contributed by atoms with E-state index < -0.39 is 0 Å². The SMILES string of the molecule is CNC(C)c1ccc(C)cc1OCc1ccn(C(C)C)n1. The van der Waals surface area contributed by atoms with Gasteiger partial charge in [0.25, 0.3) is 0 Å². The van der Waals surface area contributed by atoms with Crippen LogP contribution in [0.2, 0.25) is 0 Å². The first-order valence-corrected chi connectivity index (χ1v) is 7.46. The maximum Gasteiger partial charge on any atom is 0.132 e. The molecule has 1 atom stereocenters. The molecule has 114 valence electrons. The third kappa shape index (κ3) is 3.85. The highest BCUT2D eigenvalue weighted by molar-refractivity contribution is 5.39. The first kappa shape index (κ1) is 15.6. The molecule has 0 amide bonds. The van der Waals surface area contributed by atoms with E-state index in [-0.39, 0.29) is 6.04 Å². The van der Waals surface area contributed by atoms with E-state index in [9.17, 15) is 0 Å². The molecular weight excluding hydrogens is 262 g/mol. The van der Waals surface area contributed by atoms with Gasteiger partial charge in [0.1, 0.15) is 12.4 Å². The van der Waals surface area contributed by atoms with E-state index in [0.717, 1.165) is 11.4 Å². The highest BCUT2D eigenvalue weighted by Gasteiger charge is 2.11. The van der Waals surface area contributed by atoms with Gasteiger partial charge in [-0.3, -0.25) is 4.68 Å². The van der Waals surface area contributed by atoms with Crippen LogP contribution in [-0.2, 0) is 6.61 Å². The van der Waals surface area contributed by atoms with Crippen molar-refractivity contribution in [1.82, 2.24) is 15.1 Å². The number of aryl methyl sites for hydroxylation is 1. The molecule has 0 radical (unpaired) electrons. The largest absolute Gasteiger partial charge is 0.487 e. The van der Waals surface area contributed by atoms with Gasteiger partial charge in [-0.25, -0.2) is 0 Å². The summed E-state index contributed by atoms with van der Waals surface area (Å²) in [6.07, 6.45) is 2.00. The number of nitrogens with one attached hydrogen (secondary N) is 1. The maximum atomic E-state index is 6.00. The second-order valence-electron chi connectivity index (χ2n) is 5.72. The fourth-order valence-corrected chi connectivity index (χ4v) is 2.17. The Morgan fingerprint density at radius 3 is 2.62 bits per heavy atom. The highest BCUT2D eigenvalue weighted by Crippen LogP contribution is 2.27. The summed E-state index contributed by atoms with van der Waals surface area (Å²) in [5.41, 5.74) is 3.32. The number of nitrogens with zero attached hydrogens (tertiary/aromatic N) is 2. The fourth-order valence-electron chi connectivity index (χ4n) is 2.17. The Bertz CT molecular complexity index is 589. The Labute approximate surface area is 127 Å². The van der Waals surface area contributed by atoms with E-state index >= 15 is 0 Å². The van der Waals surface area contributed by atoms with Crippen molar-refractivity contribution >= 4 is 0 Å². The average molecular weight is 287 g/mol. The van der Waals surface area contributed by atoms with E-state index in [1.54, 1.807) is 0 Å². The number of hydrogen-bond donors (Lipinski definition) is 1. The summed E-state index contributed by atoms with van der Waals surface area (Å²) in [5.74, 6) is 0.927. The Morgan fingerprint density at radius 2 is 2.00 bits per heavy atom. The van der Waals surface area contributed by atoms with Crippen molar-refractivity contribution in [1.29, 1.82) is 0 Å². The number of aromatic nitrogens is 2. The third-order valence-electron chi connectivity index (χ3n) is 3.64. The van der Waals surface area contributed by atoms with Crippen LogP contribution in [0, 0.1) is 6.92 Å². The molecule has 1 unspecified atom stereocenters. The molecule has 0 spiro atoms. The smallest absolute Gasteiger partial charge is 0.132 e. The Balaban J connectivity index is 2.13. The molecule has 0 fully saturated rings. The van der Waals surface area contributed by atoms with Crippen LogP contribution in [0.4, 0.5) is 0 Å². The number of ether oxygens (including phenoxy) is 1. The molecule has 4 nitrogen and oxygen atoms in total. The van der Waals surface area contributed by atoms with Gasteiger partial charge in [-0.05, 0) is 52.4 Å². The minimum Gasteiger partial charge on any atom is -0.487 e. The molecule has 0 saturated carbocycles. The maximum absolute atomic E-state index is 6.00. The highest BCUT2D eigenvalue weighted by atomic mass is 16.5. The van der Waals surface area contributed by atoms with Crippen molar-refractivity contribution in [3.05, 3.63) is 47.3 Å². The average Bonchev–Trinajstić information content (AvgIpc) is 2.93. The standard InChI is InChI=1S/C17H25N3O/c1-12(2)20-9-8-15(19-20)11-21-17-10-13(3)6-7-16(17)14(4)18-5/h6-10,12,14,18H,11H2,1-5H3. The molecule has 4 heteroatoms. The van der Waals surface area contributed by atoms with Crippen LogP contribution in [0.15, 0.2) is 30.5 Å². The summed E-state index contributed by atoms with van der Waals surface area (Å²) >= 11 is 0. The normalized spacial score (nSPS) is 12.7. The fraction of sp³-hybridized carbons (Fsp3) is 0.471. The van der Waals surface area contributed by atoms with Crippen LogP contribution < -0.4 is 10.1 Å². The van der Waals surface area contributed by atoms with Crippen molar-refractivity contribution in [3.8, 4) is 5.75 Å². The van der Waals surface area contributed by atoms with E-state index in [0.29, 0.717) is 12.6 Å². The van der Waals surface area contributed by atoms with Gasteiger partial charge in [-0.1, -0.05) is 12.1 Å². The molecule has 1 heterocycles. The number of benzene rings is 1. The van der Waals surface area contributed by atoms with Gasteiger partial charge in [0.05, 0.1) is 5.69 Å². The third-order valence-corrected chi connectivity index (χ3v) is 3.64. The van der Waals surface area contributed by atoms with Crippen molar-refractivity contribution in [2.75, 3.05) is 7.05 Å². The van der Waals surface area contributed by atoms with E-state index in [4.69, 9.17) is 4.74 Å². The molecule has 1 aromatic carbocycles. The van der Waals surface area contributed by atoms with Gasteiger partial charge in [0.15, 0.2) is 0 Å². The Hall–Kier alpha value is -1.81. The molecule has 1 aromatic heterocycles. The molecule has 0 aliphatic rings. The first-order chi connectivity index (χ1) is 10.0. The Morgan fingerprint density at radius 1 is 1.24 bits per heavy atom. The predicted octanol–water partition coefficient (Wildman–Crippen LogP) is 3.63. The zero-order chi connectivity index (χ0) is 15.4. The van der Waals surface area contributed by atoms with Gasteiger partial charge >= 0.3 is 0 Å². The Kier molecular flexibility index (Phi) is 5.02.